The molecule has 3 rings (SSSR count). The van der Waals surface area contributed by atoms with Crippen molar-refractivity contribution in [3.05, 3.63) is 36.3 Å². The molecule has 4 heteroatoms. The summed E-state index contributed by atoms with van der Waals surface area (Å²) >= 11 is 0. The van der Waals surface area contributed by atoms with E-state index in [9.17, 15) is 4.79 Å². The second kappa shape index (κ2) is 7.53. The lowest BCUT2D eigenvalue weighted by molar-refractivity contribution is 0.0973. The summed E-state index contributed by atoms with van der Waals surface area (Å²) in [4.78, 5) is 16.6. The second-order valence-electron chi connectivity index (χ2n) is 6.84. The standard InChI is InChI=1S/C19H25N3O/c1-14(12-15-4-2-3-5-15)6-7-18(23)17-13-21-22-19(17)16-8-10-20-11-9-16/h8-11,13-15H,2-7,12H2,1H3,(H,21,22). The molecule has 4 nitrogen and oxygen atoms in total. The molecule has 1 aliphatic rings. The molecule has 0 aliphatic heterocycles. The Hall–Kier alpha value is -1.97. The predicted molar refractivity (Wildman–Crippen MR) is 91.1 cm³/mol. The Kier molecular flexibility index (Phi) is 5.21. The number of aromatic nitrogens is 3. The van der Waals surface area contributed by atoms with Crippen LogP contribution < -0.4 is 0 Å². The number of hydrogen-bond acceptors (Lipinski definition) is 3. The van der Waals surface area contributed by atoms with Crippen molar-refractivity contribution in [3.8, 4) is 11.3 Å². The topological polar surface area (TPSA) is 58.6 Å². The molecule has 0 radical (unpaired) electrons. The van der Waals surface area contributed by atoms with Crippen LogP contribution in [0.4, 0.5) is 0 Å². The van der Waals surface area contributed by atoms with Crippen LogP contribution in [0.3, 0.4) is 0 Å². The zero-order valence-electron chi connectivity index (χ0n) is 13.8. The highest BCUT2D eigenvalue weighted by atomic mass is 16.1. The lowest BCUT2D eigenvalue weighted by atomic mass is 9.90. The van der Waals surface area contributed by atoms with Crippen molar-refractivity contribution in [1.29, 1.82) is 0 Å². The molecular formula is C19H25N3O. The number of Topliss-reactive ketones (excluding diaryl/α,β-unsaturated/α-hetero) is 1. The van der Waals surface area contributed by atoms with Crippen LogP contribution in [-0.2, 0) is 0 Å². The highest BCUT2D eigenvalue weighted by Gasteiger charge is 2.20. The van der Waals surface area contributed by atoms with Crippen molar-refractivity contribution in [2.45, 2.75) is 51.9 Å². The quantitative estimate of drug-likeness (QED) is 0.757. The number of carbonyl (C=O) groups is 1. The van der Waals surface area contributed by atoms with Gasteiger partial charge < -0.3 is 0 Å². The van der Waals surface area contributed by atoms with E-state index in [4.69, 9.17) is 0 Å². The number of H-pyrrole nitrogens is 1. The van der Waals surface area contributed by atoms with Crippen LogP contribution in [0, 0.1) is 11.8 Å². The number of pyridine rings is 1. The van der Waals surface area contributed by atoms with Gasteiger partial charge in [0, 0.05) is 30.6 Å². The van der Waals surface area contributed by atoms with Crippen LogP contribution in [0.1, 0.15) is 62.2 Å². The summed E-state index contributed by atoms with van der Waals surface area (Å²) in [7, 11) is 0. The molecule has 0 amide bonds. The van der Waals surface area contributed by atoms with E-state index in [0.717, 1.165) is 23.6 Å². The van der Waals surface area contributed by atoms with Crippen LogP contribution in [0.15, 0.2) is 30.7 Å². The number of carbonyl (C=O) groups excluding carboxylic acids is 1. The monoisotopic (exact) mass is 311 g/mol. The van der Waals surface area contributed by atoms with Gasteiger partial charge in [0.25, 0.3) is 0 Å². The van der Waals surface area contributed by atoms with E-state index in [-0.39, 0.29) is 5.78 Å². The maximum Gasteiger partial charge on any atom is 0.166 e. The number of nitrogens with zero attached hydrogens (tertiary/aromatic N) is 2. The summed E-state index contributed by atoms with van der Waals surface area (Å²) in [6.45, 7) is 2.28. The zero-order valence-corrected chi connectivity index (χ0v) is 13.8. The molecule has 0 spiro atoms. The van der Waals surface area contributed by atoms with Gasteiger partial charge in [-0.05, 0) is 36.8 Å². The van der Waals surface area contributed by atoms with Crippen LogP contribution in [0.25, 0.3) is 11.3 Å². The fourth-order valence-electron chi connectivity index (χ4n) is 3.68. The van der Waals surface area contributed by atoms with E-state index in [0.29, 0.717) is 17.9 Å². The Morgan fingerprint density at radius 1 is 1.30 bits per heavy atom. The van der Waals surface area contributed by atoms with Gasteiger partial charge in [-0.25, -0.2) is 0 Å². The Morgan fingerprint density at radius 3 is 2.78 bits per heavy atom. The van der Waals surface area contributed by atoms with E-state index < -0.39 is 0 Å². The minimum atomic E-state index is 0.184. The van der Waals surface area contributed by atoms with Crippen LogP contribution in [-0.4, -0.2) is 21.0 Å². The third kappa shape index (κ3) is 4.06. The number of nitrogens with one attached hydrogen (secondary N) is 1. The van der Waals surface area contributed by atoms with Crippen molar-refractivity contribution < 1.29 is 4.79 Å². The Labute approximate surface area is 137 Å². The lowest BCUT2D eigenvalue weighted by Crippen LogP contribution is -2.07. The Balaban J connectivity index is 1.57. The highest BCUT2D eigenvalue weighted by molar-refractivity contribution is 6.01. The second-order valence-corrected chi connectivity index (χ2v) is 6.84. The fraction of sp³-hybridized carbons (Fsp3) is 0.526. The molecule has 2 heterocycles. The molecule has 122 valence electrons. The first-order valence-electron chi connectivity index (χ1n) is 8.71. The van der Waals surface area contributed by atoms with Crippen molar-refractivity contribution in [1.82, 2.24) is 15.2 Å². The number of ketones is 1. The first-order valence-corrected chi connectivity index (χ1v) is 8.71. The molecule has 0 saturated heterocycles. The minimum absolute atomic E-state index is 0.184. The Morgan fingerprint density at radius 2 is 2.04 bits per heavy atom. The van der Waals surface area contributed by atoms with Gasteiger partial charge in [0.05, 0.1) is 5.56 Å². The van der Waals surface area contributed by atoms with E-state index in [2.05, 4.69) is 22.1 Å². The summed E-state index contributed by atoms with van der Waals surface area (Å²) in [6.07, 6.45) is 13.6. The SMILES string of the molecule is CC(CCC(=O)c1c[nH]nc1-c1ccncc1)CC1CCCC1. The van der Waals surface area contributed by atoms with E-state index in [1.165, 1.54) is 32.1 Å². The van der Waals surface area contributed by atoms with Gasteiger partial charge in [-0.3, -0.25) is 14.9 Å². The van der Waals surface area contributed by atoms with Crippen molar-refractivity contribution >= 4 is 5.78 Å². The van der Waals surface area contributed by atoms with Gasteiger partial charge in [0.15, 0.2) is 5.78 Å². The number of hydrogen-bond donors (Lipinski definition) is 1. The summed E-state index contributed by atoms with van der Waals surface area (Å²) in [5.74, 6) is 1.70. The molecule has 2 aromatic rings. The van der Waals surface area contributed by atoms with Gasteiger partial charge in [0.2, 0.25) is 0 Å². The average molecular weight is 311 g/mol. The molecule has 23 heavy (non-hydrogen) atoms. The van der Waals surface area contributed by atoms with Gasteiger partial charge in [-0.2, -0.15) is 5.10 Å². The zero-order chi connectivity index (χ0) is 16.1. The maximum atomic E-state index is 12.6. The van der Waals surface area contributed by atoms with Gasteiger partial charge in [-0.15, -0.1) is 0 Å². The number of aromatic amines is 1. The smallest absolute Gasteiger partial charge is 0.166 e. The molecule has 2 aromatic heterocycles. The first kappa shape index (κ1) is 15.9. The molecule has 1 fully saturated rings. The summed E-state index contributed by atoms with van der Waals surface area (Å²) in [5.41, 5.74) is 2.37. The molecule has 0 aromatic carbocycles. The highest BCUT2D eigenvalue weighted by Crippen LogP contribution is 2.32. The molecule has 0 bridgehead atoms. The van der Waals surface area contributed by atoms with Crippen molar-refractivity contribution in [2.75, 3.05) is 0 Å². The molecule has 1 aliphatic carbocycles. The van der Waals surface area contributed by atoms with Crippen LogP contribution >= 0.6 is 0 Å². The van der Waals surface area contributed by atoms with Crippen LogP contribution in [0.5, 0.6) is 0 Å². The average Bonchev–Trinajstić information content (AvgIpc) is 3.25. The molecular weight excluding hydrogens is 286 g/mol. The van der Waals surface area contributed by atoms with Gasteiger partial charge in [0.1, 0.15) is 5.69 Å². The van der Waals surface area contributed by atoms with E-state index >= 15 is 0 Å². The summed E-state index contributed by atoms with van der Waals surface area (Å²) < 4.78 is 0. The van der Waals surface area contributed by atoms with E-state index in [1.54, 1.807) is 18.6 Å². The third-order valence-corrected chi connectivity index (χ3v) is 4.97. The summed E-state index contributed by atoms with van der Waals surface area (Å²) in [6, 6.07) is 3.77. The predicted octanol–water partition coefficient (Wildman–Crippen LogP) is 4.65. The lowest BCUT2D eigenvalue weighted by Gasteiger charge is -2.15. The number of rotatable bonds is 7. The van der Waals surface area contributed by atoms with Gasteiger partial charge >= 0.3 is 0 Å². The van der Waals surface area contributed by atoms with Crippen molar-refractivity contribution in [3.63, 3.8) is 0 Å². The molecule has 1 unspecified atom stereocenters. The summed E-state index contributed by atoms with van der Waals surface area (Å²) in [5, 5.41) is 7.08. The van der Waals surface area contributed by atoms with Crippen molar-refractivity contribution in [2.24, 2.45) is 11.8 Å². The van der Waals surface area contributed by atoms with Crippen LogP contribution in [0.2, 0.25) is 0 Å². The fourth-order valence-corrected chi connectivity index (χ4v) is 3.68. The molecule has 1 saturated carbocycles. The Bertz CT molecular complexity index is 629. The minimum Gasteiger partial charge on any atom is -0.294 e. The largest absolute Gasteiger partial charge is 0.294 e. The molecule has 1 atom stereocenters. The first-order chi connectivity index (χ1) is 11.2. The third-order valence-electron chi connectivity index (χ3n) is 4.97. The maximum absolute atomic E-state index is 12.6. The molecule has 1 N–H and O–H groups in total. The normalized spacial score (nSPS) is 16.6. The van der Waals surface area contributed by atoms with Gasteiger partial charge in [-0.1, -0.05) is 32.6 Å². The van der Waals surface area contributed by atoms with E-state index in [1.807, 2.05) is 12.1 Å².